The van der Waals surface area contributed by atoms with Gasteiger partial charge in [0, 0.05) is 10.4 Å². The fourth-order valence-corrected chi connectivity index (χ4v) is 3.16. The predicted molar refractivity (Wildman–Crippen MR) is 72.1 cm³/mol. The Bertz CT molecular complexity index is 372. The number of hydrogen-bond donors (Lipinski definition) is 1. The van der Waals surface area contributed by atoms with Crippen molar-refractivity contribution in [1.82, 2.24) is 0 Å². The Labute approximate surface area is 111 Å². The Hall–Kier alpha value is -0.610. The molecule has 2 rings (SSSR count). The van der Waals surface area contributed by atoms with Crippen LogP contribution >= 0.6 is 11.8 Å². The maximum absolute atomic E-state index is 12.1. The van der Waals surface area contributed by atoms with Crippen LogP contribution in [0.4, 0.5) is 8.78 Å². The summed E-state index contributed by atoms with van der Waals surface area (Å²) in [6.07, 6.45) is 3.42. The summed E-state index contributed by atoms with van der Waals surface area (Å²) in [5.74, 6) is -0.146. The van der Waals surface area contributed by atoms with Crippen molar-refractivity contribution < 1.29 is 8.78 Å². The van der Waals surface area contributed by atoms with Gasteiger partial charge in [0.25, 0.3) is 0 Å². The van der Waals surface area contributed by atoms with E-state index in [1.165, 1.54) is 31.0 Å². The molecular formula is C14H19F2NS. The Kier molecular flexibility index (Phi) is 4.62. The van der Waals surface area contributed by atoms with Crippen LogP contribution in [0.3, 0.4) is 0 Å². The molecule has 0 unspecified atom stereocenters. The molecule has 18 heavy (non-hydrogen) atoms. The SMILES string of the molecule is NC1(c2ccc(SCC(F)F)cc2)CCCCC1. The van der Waals surface area contributed by atoms with Gasteiger partial charge in [0.15, 0.2) is 0 Å². The number of nitrogens with two attached hydrogens (primary N) is 1. The molecule has 1 aliphatic carbocycles. The second-order valence-corrected chi connectivity index (χ2v) is 6.04. The highest BCUT2D eigenvalue weighted by atomic mass is 32.2. The van der Waals surface area contributed by atoms with E-state index in [1.807, 2.05) is 24.3 Å². The molecule has 1 nitrogen and oxygen atoms in total. The summed E-state index contributed by atoms with van der Waals surface area (Å²) in [5.41, 5.74) is 7.36. The molecular weight excluding hydrogens is 252 g/mol. The lowest BCUT2D eigenvalue weighted by Crippen LogP contribution is -2.38. The van der Waals surface area contributed by atoms with Gasteiger partial charge < -0.3 is 5.73 Å². The Balaban J connectivity index is 2.02. The van der Waals surface area contributed by atoms with Crippen LogP contribution in [0.15, 0.2) is 29.2 Å². The minimum absolute atomic E-state index is 0.146. The topological polar surface area (TPSA) is 26.0 Å². The molecule has 0 atom stereocenters. The molecule has 0 radical (unpaired) electrons. The van der Waals surface area contributed by atoms with Gasteiger partial charge in [-0.1, -0.05) is 31.4 Å². The number of thioether (sulfide) groups is 1. The Morgan fingerprint density at radius 2 is 1.72 bits per heavy atom. The van der Waals surface area contributed by atoms with E-state index >= 15 is 0 Å². The first-order valence-corrected chi connectivity index (χ1v) is 7.39. The normalized spacial score (nSPS) is 19.1. The molecule has 0 aliphatic heterocycles. The van der Waals surface area contributed by atoms with Gasteiger partial charge >= 0.3 is 0 Å². The number of halogens is 2. The van der Waals surface area contributed by atoms with E-state index in [9.17, 15) is 8.78 Å². The third-order valence-electron chi connectivity index (χ3n) is 3.55. The standard InChI is InChI=1S/C14H19F2NS/c15-13(16)10-18-12-6-4-11(5-7-12)14(17)8-2-1-3-9-14/h4-7,13H,1-3,8-10,17H2. The van der Waals surface area contributed by atoms with Crippen molar-refractivity contribution in [1.29, 1.82) is 0 Å². The quantitative estimate of drug-likeness (QED) is 0.832. The fraction of sp³-hybridized carbons (Fsp3) is 0.571. The number of rotatable bonds is 4. The Morgan fingerprint density at radius 1 is 1.11 bits per heavy atom. The lowest BCUT2D eigenvalue weighted by molar-refractivity contribution is 0.177. The maximum Gasteiger partial charge on any atom is 0.247 e. The molecule has 100 valence electrons. The third kappa shape index (κ3) is 3.45. The first-order chi connectivity index (χ1) is 8.60. The van der Waals surface area contributed by atoms with Crippen LogP contribution in [0.25, 0.3) is 0 Å². The molecule has 1 aliphatic rings. The minimum atomic E-state index is -2.26. The molecule has 2 N–H and O–H groups in total. The lowest BCUT2D eigenvalue weighted by Gasteiger charge is -2.34. The van der Waals surface area contributed by atoms with E-state index in [0.717, 1.165) is 23.3 Å². The van der Waals surface area contributed by atoms with Crippen LogP contribution in [-0.4, -0.2) is 12.2 Å². The molecule has 1 saturated carbocycles. The van der Waals surface area contributed by atoms with E-state index < -0.39 is 6.43 Å². The number of hydrogen-bond acceptors (Lipinski definition) is 2. The molecule has 0 aromatic heterocycles. The van der Waals surface area contributed by atoms with E-state index in [4.69, 9.17) is 5.73 Å². The van der Waals surface area contributed by atoms with E-state index in [-0.39, 0.29) is 11.3 Å². The second kappa shape index (κ2) is 6.02. The van der Waals surface area contributed by atoms with Gasteiger partial charge in [-0.3, -0.25) is 0 Å². The molecule has 0 spiro atoms. The van der Waals surface area contributed by atoms with E-state index in [0.29, 0.717) is 0 Å². The maximum atomic E-state index is 12.1. The first kappa shape index (κ1) is 13.8. The van der Waals surface area contributed by atoms with Crippen molar-refractivity contribution in [2.45, 2.75) is 49.0 Å². The van der Waals surface area contributed by atoms with Crippen molar-refractivity contribution in [2.24, 2.45) is 5.73 Å². The van der Waals surface area contributed by atoms with Gasteiger partial charge in [-0.2, -0.15) is 0 Å². The zero-order chi connectivity index (χ0) is 13.0. The van der Waals surface area contributed by atoms with Gasteiger partial charge in [-0.05, 0) is 30.5 Å². The summed E-state index contributed by atoms with van der Waals surface area (Å²) in [6, 6.07) is 7.81. The molecule has 1 aromatic rings. The van der Waals surface area contributed by atoms with Crippen LogP contribution in [0.1, 0.15) is 37.7 Å². The van der Waals surface area contributed by atoms with Gasteiger partial charge in [0.2, 0.25) is 6.43 Å². The zero-order valence-corrected chi connectivity index (χ0v) is 11.2. The van der Waals surface area contributed by atoms with Crippen molar-refractivity contribution in [2.75, 3.05) is 5.75 Å². The van der Waals surface area contributed by atoms with E-state index in [1.54, 1.807) is 0 Å². The van der Waals surface area contributed by atoms with Crippen LogP contribution < -0.4 is 5.73 Å². The van der Waals surface area contributed by atoms with Crippen LogP contribution in [0.2, 0.25) is 0 Å². The highest BCUT2D eigenvalue weighted by Crippen LogP contribution is 2.35. The Morgan fingerprint density at radius 3 is 2.28 bits per heavy atom. The molecule has 0 saturated heterocycles. The van der Waals surface area contributed by atoms with Crippen LogP contribution in [-0.2, 0) is 5.54 Å². The smallest absolute Gasteiger partial charge is 0.247 e. The zero-order valence-electron chi connectivity index (χ0n) is 10.4. The van der Waals surface area contributed by atoms with Crippen LogP contribution in [0.5, 0.6) is 0 Å². The molecule has 4 heteroatoms. The summed E-state index contributed by atoms with van der Waals surface area (Å²) in [6.45, 7) is 0. The van der Waals surface area contributed by atoms with Crippen molar-refractivity contribution in [3.63, 3.8) is 0 Å². The molecule has 0 bridgehead atoms. The second-order valence-electron chi connectivity index (χ2n) is 4.94. The van der Waals surface area contributed by atoms with Crippen molar-refractivity contribution in [3.8, 4) is 0 Å². The minimum Gasteiger partial charge on any atom is -0.321 e. The van der Waals surface area contributed by atoms with Gasteiger partial charge in [0.1, 0.15) is 0 Å². The third-order valence-corrected chi connectivity index (χ3v) is 4.58. The van der Waals surface area contributed by atoms with Crippen molar-refractivity contribution in [3.05, 3.63) is 29.8 Å². The summed E-state index contributed by atoms with van der Waals surface area (Å²) < 4.78 is 24.2. The number of benzene rings is 1. The fourth-order valence-electron chi connectivity index (χ4n) is 2.51. The molecule has 1 fully saturated rings. The van der Waals surface area contributed by atoms with Gasteiger partial charge in [0.05, 0.1) is 5.75 Å². The summed E-state index contributed by atoms with van der Waals surface area (Å²) >= 11 is 1.19. The molecule has 0 heterocycles. The average molecular weight is 271 g/mol. The highest BCUT2D eigenvalue weighted by molar-refractivity contribution is 7.99. The molecule has 0 amide bonds. The van der Waals surface area contributed by atoms with Crippen molar-refractivity contribution >= 4 is 11.8 Å². The largest absolute Gasteiger partial charge is 0.321 e. The highest BCUT2D eigenvalue weighted by Gasteiger charge is 2.29. The summed E-state index contributed by atoms with van der Waals surface area (Å²) in [4.78, 5) is 0.887. The van der Waals surface area contributed by atoms with E-state index in [2.05, 4.69) is 0 Å². The first-order valence-electron chi connectivity index (χ1n) is 6.40. The van der Waals surface area contributed by atoms with Crippen LogP contribution in [0, 0.1) is 0 Å². The summed E-state index contributed by atoms with van der Waals surface area (Å²) in [5, 5.41) is 0. The summed E-state index contributed by atoms with van der Waals surface area (Å²) in [7, 11) is 0. The monoisotopic (exact) mass is 271 g/mol. The number of alkyl halides is 2. The predicted octanol–water partition coefficient (Wildman–Crippen LogP) is 4.16. The molecule has 1 aromatic carbocycles. The lowest BCUT2D eigenvalue weighted by atomic mass is 9.77. The average Bonchev–Trinajstić information content (AvgIpc) is 2.38. The van der Waals surface area contributed by atoms with Gasteiger partial charge in [-0.15, -0.1) is 11.8 Å². The van der Waals surface area contributed by atoms with Gasteiger partial charge in [-0.25, -0.2) is 8.78 Å².